The number of halogens is 1. The lowest BCUT2D eigenvalue weighted by molar-refractivity contribution is 0.0710. The second-order valence-corrected chi connectivity index (χ2v) is 7.54. The normalized spacial score (nSPS) is 18.0. The van der Waals surface area contributed by atoms with Gasteiger partial charge in [-0.15, -0.1) is 0 Å². The predicted molar refractivity (Wildman–Crippen MR) is 104 cm³/mol. The smallest absolute Gasteiger partial charge is 0.254 e. The van der Waals surface area contributed by atoms with Gasteiger partial charge in [-0.3, -0.25) is 4.79 Å². The number of carbonyl (C=O) groups excluding carboxylic acids is 1. The molecule has 134 valence electrons. The molecule has 0 N–H and O–H groups in total. The van der Waals surface area contributed by atoms with Crippen LogP contribution in [0.5, 0.6) is 0 Å². The first-order valence-corrected chi connectivity index (χ1v) is 9.39. The van der Waals surface area contributed by atoms with Crippen molar-refractivity contribution in [2.75, 3.05) is 6.61 Å². The van der Waals surface area contributed by atoms with Gasteiger partial charge in [0.05, 0.1) is 6.61 Å². The summed E-state index contributed by atoms with van der Waals surface area (Å²) >= 11 is 6.13. The number of rotatable bonds is 4. The fraction of sp³-hybridized carbons (Fsp3) is 0.318. The van der Waals surface area contributed by atoms with Gasteiger partial charge >= 0.3 is 0 Å². The maximum Gasteiger partial charge on any atom is 0.254 e. The Morgan fingerprint density at radius 2 is 2.04 bits per heavy atom. The standard InChI is InChI=1S/C22H22ClNO2/c1-4-26-14(3)19-7-13(2)8-20-21(19)12-24(22(20)25)18-10-15-5-6-17(23)9-16(15)11-18/h5-9,18H,3-4,10-12H2,1-2H3. The molecule has 0 radical (unpaired) electrons. The van der Waals surface area contributed by atoms with Crippen LogP contribution >= 0.6 is 11.6 Å². The van der Waals surface area contributed by atoms with Gasteiger partial charge in [0.15, 0.2) is 0 Å². The third-order valence-electron chi connectivity index (χ3n) is 5.35. The lowest BCUT2D eigenvalue weighted by Gasteiger charge is -2.23. The van der Waals surface area contributed by atoms with E-state index in [4.69, 9.17) is 16.3 Å². The number of amides is 1. The van der Waals surface area contributed by atoms with Crippen molar-refractivity contribution in [1.82, 2.24) is 4.90 Å². The maximum atomic E-state index is 13.1. The monoisotopic (exact) mass is 367 g/mol. The molecule has 1 unspecified atom stereocenters. The van der Waals surface area contributed by atoms with Crippen molar-refractivity contribution in [3.63, 3.8) is 0 Å². The third kappa shape index (κ3) is 2.80. The molecular formula is C22H22ClNO2. The van der Waals surface area contributed by atoms with Gasteiger partial charge in [0.2, 0.25) is 0 Å². The molecule has 0 aromatic heterocycles. The molecule has 1 atom stereocenters. The van der Waals surface area contributed by atoms with Crippen LogP contribution in [0.25, 0.3) is 5.76 Å². The topological polar surface area (TPSA) is 29.5 Å². The van der Waals surface area contributed by atoms with E-state index in [2.05, 4.69) is 18.7 Å². The van der Waals surface area contributed by atoms with E-state index in [1.54, 1.807) is 0 Å². The van der Waals surface area contributed by atoms with Crippen LogP contribution in [0.2, 0.25) is 5.02 Å². The third-order valence-corrected chi connectivity index (χ3v) is 5.59. The molecule has 1 amide bonds. The molecule has 1 heterocycles. The van der Waals surface area contributed by atoms with Crippen molar-refractivity contribution in [3.8, 4) is 0 Å². The van der Waals surface area contributed by atoms with Crippen molar-refractivity contribution < 1.29 is 9.53 Å². The Morgan fingerprint density at radius 1 is 1.27 bits per heavy atom. The van der Waals surface area contributed by atoms with Gasteiger partial charge in [0, 0.05) is 28.7 Å². The highest BCUT2D eigenvalue weighted by Crippen LogP contribution is 2.36. The fourth-order valence-electron chi connectivity index (χ4n) is 4.15. The van der Waals surface area contributed by atoms with E-state index in [0.29, 0.717) is 18.9 Å². The summed E-state index contributed by atoms with van der Waals surface area (Å²) in [7, 11) is 0. The van der Waals surface area contributed by atoms with Crippen LogP contribution in [-0.2, 0) is 24.1 Å². The summed E-state index contributed by atoms with van der Waals surface area (Å²) in [6, 6.07) is 10.3. The Morgan fingerprint density at radius 3 is 2.81 bits per heavy atom. The molecule has 1 aliphatic carbocycles. The highest BCUT2D eigenvalue weighted by atomic mass is 35.5. The largest absolute Gasteiger partial charge is 0.494 e. The van der Waals surface area contributed by atoms with E-state index < -0.39 is 0 Å². The lowest BCUT2D eigenvalue weighted by Crippen LogP contribution is -2.36. The summed E-state index contributed by atoms with van der Waals surface area (Å²) in [6.45, 7) is 9.19. The number of benzene rings is 2. The summed E-state index contributed by atoms with van der Waals surface area (Å²) < 4.78 is 5.63. The molecule has 0 fully saturated rings. The zero-order chi connectivity index (χ0) is 18.4. The second kappa shape index (κ2) is 6.48. The van der Waals surface area contributed by atoms with Crippen LogP contribution in [0.1, 0.15) is 45.1 Å². The number of aryl methyl sites for hydroxylation is 1. The lowest BCUT2D eigenvalue weighted by atomic mass is 9.99. The zero-order valence-electron chi connectivity index (χ0n) is 15.1. The molecule has 26 heavy (non-hydrogen) atoms. The number of ether oxygens (including phenoxy) is 1. The highest BCUT2D eigenvalue weighted by Gasteiger charge is 2.37. The fourth-order valence-corrected chi connectivity index (χ4v) is 4.35. The number of hydrogen-bond donors (Lipinski definition) is 0. The molecule has 4 rings (SSSR count). The minimum Gasteiger partial charge on any atom is -0.494 e. The molecule has 0 bridgehead atoms. The minimum absolute atomic E-state index is 0.109. The average Bonchev–Trinajstić information content (AvgIpc) is 3.15. The quantitative estimate of drug-likeness (QED) is 0.728. The van der Waals surface area contributed by atoms with Gasteiger partial charge in [-0.1, -0.05) is 24.2 Å². The number of hydrogen-bond acceptors (Lipinski definition) is 2. The van der Waals surface area contributed by atoms with E-state index in [-0.39, 0.29) is 11.9 Å². The van der Waals surface area contributed by atoms with Crippen LogP contribution in [0.4, 0.5) is 0 Å². The average molecular weight is 368 g/mol. The van der Waals surface area contributed by atoms with Crippen molar-refractivity contribution in [2.45, 2.75) is 39.3 Å². The van der Waals surface area contributed by atoms with E-state index in [1.165, 1.54) is 11.1 Å². The number of fused-ring (bicyclic) bond motifs is 2. The SMILES string of the molecule is C=C(OCC)c1cc(C)cc2c1CN(C1Cc3ccc(Cl)cc3C1)C2=O. The van der Waals surface area contributed by atoms with Gasteiger partial charge in [-0.2, -0.15) is 0 Å². The first-order chi connectivity index (χ1) is 12.5. The Kier molecular flexibility index (Phi) is 4.28. The van der Waals surface area contributed by atoms with Crippen LogP contribution in [0.3, 0.4) is 0 Å². The van der Waals surface area contributed by atoms with E-state index in [0.717, 1.165) is 40.1 Å². The van der Waals surface area contributed by atoms with Gasteiger partial charge in [0.25, 0.3) is 5.91 Å². The van der Waals surface area contributed by atoms with E-state index in [9.17, 15) is 4.79 Å². The maximum absolute atomic E-state index is 13.1. The number of nitrogens with zero attached hydrogens (tertiary/aromatic N) is 1. The first kappa shape index (κ1) is 17.2. The molecule has 3 nitrogen and oxygen atoms in total. The Hall–Kier alpha value is -2.26. The van der Waals surface area contributed by atoms with E-state index in [1.807, 2.05) is 36.9 Å². The summed E-state index contributed by atoms with van der Waals surface area (Å²) in [4.78, 5) is 15.1. The number of carbonyl (C=O) groups is 1. The summed E-state index contributed by atoms with van der Waals surface area (Å²) in [5, 5.41) is 0.756. The Balaban J connectivity index is 1.65. The minimum atomic E-state index is 0.109. The molecular weight excluding hydrogens is 346 g/mol. The van der Waals surface area contributed by atoms with Crippen LogP contribution < -0.4 is 0 Å². The molecule has 1 aliphatic heterocycles. The van der Waals surface area contributed by atoms with E-state index >= 15 is 0 Å². The Bertz CT molecular complexity index is 919. The summed E-state index contributed by atoms with van der Waals surface area (Å²) in [6.07, 6.45) is 1.74. The molecule has 4 heteroatoms. The van der Waals surface area contributed by atoms with Crippen LogP contribution in [-0.4, -0.2) is 23.5 Å². The van der Waals surface area contributed by atoms with Gasteiger partial charge in [-0.05, 0) is 73.2 Å². The molecule has 0 saturated heterocycles. The van der Waals surface area contributed by atoms with Crippen LogP contribution in [0.15, 0.2) is 36.9 Å². The molecule has 0 spiro atoms. The van der Waals surface area contributed by atoms with Crippen molar-refractivity contribution in [1.29, 1.82) is 0 Å². The highest BCUT2D eigenvalue weighted by molar-refractivity contribution is 6.30. The van der Waals surface area contributed by atoms with Gasteiger partial charge < -0.3 is 9.64 Å². The molecule has 0 saturated carbocycles. The molecule has 2 aromatic carbocycles. The van der Waals surface area contributed by atoms with Gasteiger partial charge in [0.1, 0.15) is 5.76 Å². The molecule has 2 aliphatic rings. The first-order valence-electron chi connectivity index (χ1n) is 9.01. The summed E-state index contributed by atoms with van der Waals surface area (Å²) in [5.41, 5.74) is 6.37. The Labute approximate surface area is 159 Å². The van der Waals surface area contributed by atoms with Crippen LogP contribution in [0, 0.1) is 6.92 Å². The summed E-state index contributed by atoms with van der Waals surface area (Å²) in [5.74, 6) is 0.752. The van der Waals surface area contributed by atoms with Gasteiger partial charge in [-0.25, -0.2) is 0 Å². The van der Waals surface area contributed by atoms with Crippen molar-refractivity contribution >= 4 is 23.3 Å². The van der Waals surface area contributed by atoms with Crippen molar-refractivity contribution in [2.24, 2.45) is 0 Å². The second-order valence-electron chi connectivity index (χ2n) is 7.10. The van der Waals surface area contributed by atoms with Crippen molar-refractivity contribution in [3.05, 3.63) is 75.3 Å². The predicted octanol–water partition coefficient (Wildman–Crippen LogP) is 4.78. The molecule has 2 aromatic rings. The zero-order valence-corrected chi connectivity index (χ0v) is 15.9.